The summed E-state index contributed by atoms with van der Waals surface area (Å²) in [6.45, 7) is 5.93. The molecule has 0 aromatic heterocycles. The smallest absolute Gasteiger partial charge is 0.407 e. The van der Waals surface area contributed by atoms with Gasteiger partial charge in [0.2, 0.25) is 0 Å². The Morgan fingerprint density at radius 1 is 1.53 bits per heavy atom. The summed E-state index contributed by atoms with van der Waals surface area (Å²) in [6.07, 6.45) is 0.178. The summed E-state index contributed by atoms with van der Waals surface area (Å²) in [6, 6.07) is 0. The van der Waals surface area contributed by atoms with E-state index in [1.807, 2.05) is 20.8 Å². The summed E-state index contributed by atoms with van der Waals surface area (Å²) in [4.78, 5) is 11.2. The van der Waals surface area contributed by atoms with E-state index in [1.165, 1.54) is 0 Å². The number of alkyl carbamates (subject to hydrolysis) is 1. The van der Waals surface area contributed by atoms with Crippen molar-refractivity contribution in [2.45, 2.75) is 38.4 Å². The van der Waals surface area contributed by atoms with E-state index in [4.69, 9.17) is 4.74 Å². The van der Waals surface area contributed by atoms with E-state index in [9.17, 15) is 9.90 Å². The van der Waals surface area contributed by atoms with Crippen LogP contribution in [0.25, 0.3) is 0 Å². The highest BCUT2D eigenvalue weighted by molar-refractivity contribution is 8.00. The first-order valence-corrected chi connectivity index (χ1v) is 6.23. The fourth-order valence-corrected chi connectivity index (χ4v) is 2.16. The maximum Gasteiger partial charge on any atom is 0.407 e. The molecule has 1 rings (SSSR count). The monoisotopic (exact) mass is 233 g/mol. The number of hydrogen-bond donors (Lipinski definition) is 2. The molecule has 1 heterocycles. The fourth-order valence-electron chi connectivity index (χ4n) is 1.19. The van der Waals surface area contributed by atoms with Gasteiger partial charge in [0.15, 0.2) is 0 Å². The van der Waals surface area contributed by atoms with Crippen LogP contribution in [0.4, 0.5) is 4.79 Å². The molecule has 5 heteroatoms. The Kier molecular flexibility index (Phi) is 3.89. The van der Waals surface area contributed by atoms with E-state index in [0.717, 1.165) is 11.5 Å². The van der Waals surface area contributed by atoms with Crippen LogP contribution in [-0.2, 0) is 4.74 Å². The third kappa shape index (κ3) is 4.75. The zero-order chi connectivity index (χ0) is 11.5. The molecule has 0 aromatic rings. The Morgan fingerprint density at radius 3 is 2.53 bits per heavy atom. The quantitative estimate of drug-likeness (QED) is 0.773. The predicted molar refractivity (Wildman–Crippen MR) is 61.1 cm³/mol. The summed E-state index contributed by atoms with van der Waals surface area (Å²) in [7, 11) is 0. The number of carbonyl (C=O) groups excluding carboxylic acids is 1. The normalized spacial score (nSPS) is 19.2. The molecular formula is C10H19NO3S. The lowest BCUT2D eigenvalue weighted by molar-refractivity contribution is 0.0471. The van der Waals surface area contributed by atoms with Crippen molar-refractivity contribution in [3.8, 4) is 0 Å². The number of rotatable bonds is 3. The lowest BCUT2D eigenvalue weighted by Gasteiger charge is -2.35. The molecule has 1 aliphatic heterocycles. The Morgan fingerprint density at radius 2 is 2.13 bits per heavy atom. The summed E-state index contributed by atoms with van der Waals surface area (Å²) >= 11 is 1.72. The van der Waals surface area contributed by atoms with Crippen molar-refractivity contribution in [1.82, 2.24) is 5.32 Å². The Balaban J connectivity index is 2.12. The van der Waals surface area contributed by atoms with Crippen LogP contribution in [0.1, 0.15) is 27.2 Å². The number of aliphatic hydroxyl groups is 1. The molecule has 0 radical (unpaired) electrons. The number of ether oxygens (including phenoxy) is 1. The molecule has 0 aliphatic carbocycles. The number of amides is 1. The van der Waals surface area contributed by atoms with Gasteiger partial charge in [-0.25, -0.2) is 4.79 Å². The second kappa shape index (κ2) is 4.61. The van der Waals surface area contributed by atoms with Gasteiger partial charge in [-0.1, -0.05) is 0 Å². The van der Waals surface area contributed by atoms with Crippen molar-refractivity contribution in [2.24, 2.45) is 0 Å². The zero-order valence-electron chi connectivity index (χ0n) is 9.50. The van der Waals surface area contributed by atoms with Gasteiger partial charge in [-0.3, -0.25) is 0 Å². The molecule has 4 nitrogen and oxygen atoms in total. The minimum Gasteiger partial charge on any atom is -0.444 e. The van der Waals surface area contributed by atoms with Crippen molar-refractivity contribution in [3.63, 3.8) is 0 Å². The van der Waals surface area contributed by atoms with Crippen molar-refractivity contribution >= 4 is 17.9 Å². The average molecular weight is 233 g/mol. The van der Waals surface area contributed by atoms with Gasteiger partial charge >= 0.3 is 6.09 Å². The van der Waals surface area contributed by atoms with Gasteiger partial charge in [0.1, 0.15) is 5.60 Å². The van der Waals surface area contributed by atoms with E-state index in [2.05, 4.69) is 5.32 Å². The number of carbonyl (C=O) groups is 1. The first kappa shape index (κ1) is 12.6. The van der Waals surface area contributed by atoms with Gasteiger partial charge in [0.25, 0.3) is 0 Å². The minimum atomic E-state index is -0.570. The fraction of sp³-hybridized carbons (Fsp3) is 0.900. The molecule has 1 aliphatic rings. The van der Waals surface area contributed by atoms with Crippen LogP contribution in [0.3, 0.4) is 0 Å². The highest BCUT2D eigenvalue weighted by Gasteiger charge is 2.34. The molecular weight excluding hydrogens is 214 g/mol. The van der Waals surface area contributed by atoms with Crippen LogP contribution in [0, 0.1) is 0 Å². The second-order valence-electron chi connectivity index (χ2n) is 4.90. The maximum atomic E-state index is 11.2. The summed E-state index contributed by atoms with van der Waals surface area (Å²) in [5, 5.41) is 12.4. The average Bonchev–Trinajstić information content (AvgIpc) is 1.97. The number of nitrogens with one attached hydrogen (secondary N) is 1. The third-order valence-electron chi connectivity index (χ3n) is 2.00. The molecule has 0 atom stereocenters. The SMILES string of the molecule is CC(C)(C)OC(=O)NCCC1(O)CSC1. The van der Waals surface area contributed by atoms with Crippen LogP contribution < -0.4 is 5.32 Å². The molecule has 88 valence electrons. The molecule has 1 fully saturated rings. The molecule has 0 spiro atoms. The van der Waals surface area contributed by atoms with Crippen LogP contribution in [0.15, 0.2) is 0 Å². The molecule has 1 amide bonds. The summed E-state index contributed by atoms with van der Waals surface area (Å²) in [5.41, 5.74) is -1.03. The first-order chi connectivity index (χ1) is 6.81. The van der Waals surface area contributed by atoms with Gasteiger partial charge in [0.05, 0.1) is 5.60 Å². The number of thioether (sulfide) groups is 1. The second-order valence-corrected chi connectivity index (χ2v) is 5.88. The minimum absolute atomic E-state index is 0.418. The van der Waals surface area contributed by atoms with Gasteiger partial charge in [-0.15, -0.1) is 0 Å². The molecule has 1 saturated heterocycles. The Hall–Kier alpha value is -0.420. The van der Waals surface area contributed by atoms with Crippen LogP contribution in [0.2, 0.25) is 0 Å². The Bertz CT molecular complexity index is 233. The molecule has 0 saturated carbocycles. The van der Waals surface area contributed by atoms with E-state index < -0.39 is 17.3 Å². The van der Waals surface area contributed by atoms with Gasteiger partial charge in [-0.2, -0.15) is 11.8 Å². The summed E-state index contributed by atoms with van der Waals surface area (Å²) in [5.74, 6) is 1.53. The zero-order valence-corrected chi connectivity index (χ0v) is 10.3. The number of hydrogen-bond acceptors (Lipinski definition) is 4. The van der Waals surface area contributed by atoms with Crippen molar-refractivity contribution in [1.29, 1.82) is 0 Å². The lowest BCUT2D eigenvalue weighted by Crippen LogP contribution is -2.46. The van der Waals surface area contributed by atoms with E-state index >= 15 is 0 Å². The van der Waals surface area contributed by atoms with Crippen molar-refractivity contribution in [2.75, 3.05) is 18.1 Å². The van der Waals surface area contributed by atoms with Crippen molar-refractivity contribution in [3.05, 3.63) is 0 Å². The first-order valence-electron chi connectivity index (χ1n) is 5.08. The molecule has 0 bridgehead atoms. The van der Waals surface area contributed by atoms with Gasteiger partial charge in [0, 0.05) is 18.1 Å². The van der Waals surface area contributed by atoms with E-state index in [1.54, 1.807) is 11.8 Å². The molecule has 15 heavy (non-hydrogen) atoms. The van der Waals surface area contributed by atoms with Gasteiger partial charge < -0.3 is 15.2 Å². The summed E-state index contributed by atoms with van der Waals surface area (Å²) < 4.78 is 5.07. The lowest BCUT2D eigenvalue weighted by atomic mass is 10.0. The Labute approximate surface area is 94.8 Å². The van der Waals surface area contributed by atoms with Crippen molar-refractivity contribution < 1.29 is 14.6 Å². The highest BCUT2D eigenvalue weighted by Crippen LogP contribution is 2.31. The van der Waals surface area contributed by atoms with E-state index in [0.29, 0.717) is 13.0 Å². The molecule has 0 aromatic carbocycles. The highest BCUT2D eigenvalue weighted by atomic mass is 32.2. The van der Waals surface area contributed by atoms with E-state index in [-0.39, 0.29) is 0 Å². The topological polar surface area (TPSA) is 58.6 Å². The molecule has 2 N–H and O–H groups in total. The predicted octanol–water partition coefficient (Wildman–Crippen LogP) is 1.38. The largest absolute Gasteiger partial charge is 0.444 e. The third-order valence-corrected chi connectivity index (χ3v) is 3.48. The van der Waals surface area contributed by atoms with Crippen LogP contribution in [0.5, 0.6) is 0 Å². The standard InChI is InChI=1S/C10H19NO3S/c1-9(2,3)14-8(12)11-5-4-10(13)6-15-7-10/h13H,4-7H2,1-3H3,(H,11,12). The van der Waals surface area contributed by atoms with Crippen LogP contribution >= 0.6 is 11.8 Å². The maximum absolute atomic E-state index is 11.2. The van der Waals surface area contributed by atoms with Gasteiger partial charge in [-0.05, 0) is 27.2 Å². The van der Waals surface area contributed by atoms with Crippen LogP contribution in [-0.4, -0.2) is 40.5 Å². The molecule has 0 unspecified atom stereocenters.